The third-order valence-corrected chi connectivity index (χ3v) is 4.86. The molecule has 0 bridgehead atoms. The summed E-state index contributed by atoms with van der Waals surface area (Å²) < 4.78 is 6.63. The number of hydrogen-bond acceptors (Lipinski definition) is 3. The van der Waals surface area contributed by atoms with Crippen LogP contribution in [-0.4, -0.2) is 28.6 Å². The highest BCUT2D eigenvalue weighted by Gasteiger charge is 2.55. The molecule has 3 nitrogen and oxygen atoms in total. The van der Waals surface area contributed by atoms with Gasteiger partial charge < -0.3 is 4.74 Å². The highest BCUT2D eigenvalue weighted by molar-refractivity contribution is 9.11. The highest BCUT2D eigenvalue weighted by atomic mass is 79.9. The van der Waals surface area contributed by atoms with E-state index in [9.17, 15) is 4.79 Å². The quantitative estimate of drug-likeness (QED) is 0.509. The van der Waals surface area contributed by atoms with Gasteiger partial charge in [-0.1, -0.05) is 76.6 Å². The molecule has 1 aliphatic rings. The number of rotatable bonds is 5. The van der Waals surface area contributed by atoms with Crippen LogP contribution < -0.4 is 0 Å². The first-order valence-electron chi connectivity index (χ1n) is 8.80. The Morgan fingerprint density at radius 3 is 2.19 bits per heavy atom. The Morgan fingerprint density at radius 2 is 1.62 bits per heavy atom. The van der Waals surface area contributed by atoms with Crippen molar-refractivity contribution in [3.8, 4) is 0 Å². The van der Waals surface area contributed by atoms with Crippen molar-refractivity contribution in [2.24, 2.45) is 0 Å². The maximum Gasteiger partial charge on any atom is 0.325 e. The Kier molecular flexibility index (Phi) is 5.64. The average Bonchev–Trinajstić information content (AvgIpc) is 3.29. The monoisotopic (exact) mass is 413 g/mol. The van der Waals surface area contributed by atoms with Gasteiger partial charge in [-0.05, 0) is 38.0 Å². The second-order valence-corrected chi connectivity index (χ2v) is 8.44. The van der Waals surface area contributed by atoms with Gasteiger partial charge in [0.25, 0.3) is 0 Å². The SMILES string of the molecule is CC(C)(C)OC(=O)[C@H]1[C@H](/C(Br)=C/c2ccccc2)N1Cc1ccccc1. The molecule has 1 saturated heterocycles. The fourth-order valence-electron chi connectivity index (χ4n) is 3.00. The fraction of sp³-hybridized carbons (Fsp3) is 0.318. The normalized spacial score (nSPS) is 22.8. The van der Waals surface area contributed by atoms with Crippen LogP contribution in [0.25, 0.3) is 6.08 Å². The summed E-state index contributed by atoms with van der Waals surface area (Å²) in [5, 5.41) is 0. The topological polar surface area (TPSA) is 29.3 Å². The summed E-state index contributed by atoms with van der Waals surface area (Å²) >= 11 is 3.70. The van der Waals surface area contributed by atoms with Gasteiger partial charge in [-0.15, -0.1) is 0 Å². The molecule has 0 aromatic heterocycles. The molecule has 26 heavy (non-hydrogen) atoms. The summed E-state index contributed by atoms with van der Waals surface area (Å²) in [6, 6.07) is 20.0. The van der Waals surface area contributed by atoms with Crippen LogP contribution in [0.5, 0.6) is 0 Å². The third kappa shape index (κ3) is 4.83. The van der Waals surface area contributed by atoms with Crippen LogP contribution >= 0.6 is 15.9 Å². The summed E-state index contributed by atoms with van der Waals surface area (Å²) in [5.74, 6) is -0.170. The van der Waals surface area contributed by atoms with E-state index < -0.39 is 5.60 Å². The van der Waals surface area contributed by atoms with Crippen LogP contribution in [0.2, 0.25) is 0 Å². The molecule has 0 radical (unpaired) electrons. The van der Waals surface area contributed by atoms with Crippen molar-refractivity contribution in [1.82, 2.24) is 4.90 Å². The predicted octanol–water partition coefficient (Wildman–Crippen LogP) is 5.02. The molecule has 1 aliphatic heterocycles. The van der Waals surface area contributed by atoms with Crippen molar-refractivity contribution in [2.45, 2.75) is 45.0 Å². The summed E-state index contributed by atoms with van der Waals surface area (Å²) in [6.07, 6.45) is 2.08. The second-order valence-electron chi connectivity index (χ2n) is 7.52. The zero-order valence-corrected chi connectivity index (χ0v) is 16.9. The Labute approximate surface area is 163 Å². The van der Waals surface area contributed by atoms with Crippen molar-refractivity contribution in [1.29, 1.82) is 0 Å². The minimum Gasteiger partial charge on any atom is -0.459 e. The molecular weight excluding hydrogens is 390 g/mol. The smallest absolute Gasteiger partial charge is 0.325 e. The molecule has 0 amide bonds. The number of carbonyl (C=O) groups is 1. The fourth-order valence-corrected chi connectivity index (χ4v) is 3.77. The van der Waals surface area contributed by atoms with Crippen LogP contribution in [0, 0.1) is 0 Å². The van der Waals surface area contributed by atoms with Crippen LogP contribution in [0.3, 0.4) is 0 Å². The van der Waals surface area contributed by atoms with E-state index in [0.717, 1.165) is 10.0 Å². The lowest BCUT2D eigenvalue weighted by molar-refractivity contribution is -0.155. The van der Waals surface area contributed by atoms with Gasteiger partial charge in [0, 0.05) is 11.0 Å². The third-order valence-electron chi connectivity index (χ3n) is 4.17. The van der Waals surface area contributed by atoms with E-state index in [2.05, 4.69) is 39.0 Å². The van der Waals surface area contributed by atoms with Gasteiger partial charge in [-0.3, -0.25) is 9.69 Å². The van der Waals surface area contributed by atoms with E-state index in [1.165, 1.54) is 5.56 Å². The Hall–Kier alpha value is -1.91. The summed E-state index contributed by atoms with van der Waals surface area (Å²) in [4.78, 5) is 14.8. The van der Waals surface area contributed by atoms with Crippen molar-refractivity contribution in [3.63, 3.8) is 0 Å². The number of nitrogens with zero attached hydrogens (tertiary/aromatic N) is 1. The number of benzene rings is 2. The molecule has 3 atom stereocenters. The molecule has 0 saturated carbocycles. The first-order chi connectivity index (χ1) is 12.3. The Bertz CT molecular complexity index is 781. The summed E-state index contributed by atoms with van der Waals surface area (Å²) in [6.45, 7) is 6.42. The van der Waals surface area contributed by atoms with E-state index in [0.29, 0.717) is 6.54 Å². The first-order valence-corrected chi connectivity index (χ1v) is 9.59. The van der Waals surface area contributed by atoms with E-state index in [-0.39, 0.29) is 18.1 Å². The van der Waals surface area contributed by atoms with Crippen LogP contribution in [0.15, 0.2) is 65.1 Å². The van der Waals surface area contributed by atoms with Crippen molar-refractivity contribution in [3.05, 3.63) is 76.3 Å². The van der Waals surface area contributed by atoms with E-state index >= 15 is 0 Å². The molecule has 136 valence electrons. The summed E-state index contributed by atoms with van der Waals surface area (Å²) in [5.41, 5.74) is 1.80. The molecule has 0 aliphatic carbocycles. The first kappa shape index (κ1) is 18.9. The molecule has 1 heterocycles. The number of ether oxygens (including phenoxy) is 1. The van der Waals surface area contributed by atoms with E-state index in [1.54, 1.807) is 0 Å². The largest absolute Gasteiger partial charge is 0.459 e. The van der Waals surface area contributed by atoms with Gasteiger partial charge in [0.2, 0.25) is 0 Å². The molecule has 2 aromatic carbocycles. The lowest BCUT2D eigenvalue weighted by Crippen LogP contribution is -2.28. The van der Waals surface area contributed by atoms with Gasteiger partial charge in [0.15, 0.2) is 0 Å². The zero-order chi connectivity index (χ0) is 18.7. The van der Waals surface area contributed by atoms with Crippen molar-refractivity contribution >= 4 is 28.0 Å². The van der Waals surface area contributed by atoms with Gasteiger partial charge in [-0.25, -0.2) is 0 Å². The van der Waals surface area contributed by atoms with Crippen LogP contribution in [-0.2, 0) is 16.1 Å². The second kappa shape index (κ2) is 7.77. The molecule has 3 rings (SSSR count). The molecule has 4 heteroatoms. The van der Waals surface area contributed by atoms with E-state index in [4.69, 9.17) is 4.74 Å². The molecular formula is C22H24BrNO2. The zero-order valence-electron chi connectivity index (χ0n) is 15.4. The number of carbonyl (C=O) groups excluding carboxylic acids is 1. The number of hydrogen-bond donors (Lipinski definition) is 0. The Balaban J connectivity index is 1.80. The van der Waals surface area contributed by atoms with Crippen LogP contribution in [0.4, 0.5) is 0 Å². The minimum atomic E-state index is -0.488. The lowest BCUT2D eigenvalue weighted by Gasteiger charge is -2.19. The van der Waals surface area contributed by atoms with Crippen molar-refractivity contribution in [2.75, 3.05) is 0 Å². The number of halogens is 1. The molecule has 0 N–H and O–H groups in total. The van der Waals surface area contributed by atoms with E-state index in [1.807, 2.05) is 69.3 Å². The molecule has 1 fully saturated rings. The predicted molar refractivity (Wildman–Crippen MR) is 109 cm³/mol. The van der Waals surface area contributed by atoms with Gasteiger partial charge in [0.1, 0.15) is 11.6 Å². The van der Waals surface area contributed by atoms with Gasteiger partial charge in [0.05, 0.1) is 6.04 Å². The highest BCUT2D eigenvalue weighted by Crippen LogP contribution is 2.40. The maximum absolute atomic E-state index is 12.7. The maximum atomic E-state index is 12.7. The molecule has 0 spiro atoms. The Morgan fingerprint density at radius 1 is 1.04 bits per heavy atom. The van der Waals surface area contributed by atoms with Gasteiger partial charge >= 0.3 is 5.97 Å². The van der Waals surface area contributed by atoms with Crippen LogP contribution in [0.1, 0.15) is 31.9 Å². The minimum absolute atomic E-state index is 0.00487. The summed E-state index contributed by atoms with van der Waals surface area (Å²) in [7, 11) is 0. The van der Waals surface area contributed by atoms with Gasteiger partial charge in [-0.2, -0.15) is 0 Å². The molecule has 2 aromatic rings. The standard InChI is InChI=1S/C22H24BrNO2/c1-22(2,3)26-21(25)20-19(18(23)14-16-10-6-4-7-11-16)24(20)15-17-12-8-5-9-13-17/h4-14,19-20H,15H2,1-3H3/b18-14-/t19-,20+,24?/m0/s1. The van der Waals surface area contributed by atoms with Crippen molar-refractivity contribution < 1.29 is 9.53 Å². The average molecular weight is 414 g/mol. The lowest BCUT2D eigenvalue weighted by atomic mass is 10.1. The molecule has 1 unspecified atom stereocenters. The number of esters is 1.